The molecule has 0 spiro atoms. The van der Waals surface area contributed by atoms with E-state index in [1.807, 2.05) is 0 Å². The molecule has 1 heterocycles. The predicted molar refractivity (Wildman–Crippen MR) is 73.3 cm³/mol. The number of carbonyl (C=O) groups excluding carboxylic acids is 3. The average molecular weight is 322 g/mol. The van der Waals surface area contributed by atoms with E-state index < -0.39 is 23.7 Å². The van der Waals surface area contributed by atoms with E-state index in [0.717, 1.165) is 0 Å². The van der Waals surface area contributed by atoms with Crippen molar-refractivity contribution in [3.63, 3.8) is 0 Å². The average Bonchev–Trinajstić information content (AvgIpc) is 2.54. The lowest BCUT2D eigenvalue weighted by Gasteiger charge is -2.10. The molecule has 120 valence electrons. The Kier molecular flexibility index (Phi) is 6.70. The molecule has 0 saturated heterocycles. The number of hydrogen-bond donors (Lipinski definition) is 0. The van der Waals surface area contributed by atoms with Gasteiger partial charge in [0.1, 0.15) is 6.67 Å². The van der Waals surface area contributed by atoms with Gasteiger partial charge in [-0.2, -0.15) is 4.99 Å². The van der Waals surface area contributed by atoms with E-state index in [1.165, 1.54) is 18.2 Å². The molecule has 0 saturated carbocycles. The molecule has 1 rings (SSSR count). The normalized spacial score (nSPS) is 9.39. The van der Waals surface area contributed by atoms with Gasteiger partial charge in [0.25, 0.3) is 0 Å². The lowest BCUT2D eigenvalue weighted by molar-refractivity contribution is 0.453. The molecule has 1 aromatic heterocycles. The van der Waals surface area contributed by atoms with Crippen LogP contribution < -0.4 is 17.1 Å². The molecule has 0 aromatic carbocycles. The van der Waals surface area contributed by atoms with Gasteiger partial charge in [0.2, 0.25) is 18.2 Å². The van der Waals surface area contributed by atoms with Gasteiger partial charge in [-0.15, -0.1) is 0 Å². The quantitative estimate of drug-likeness (QED) is 0.370. The standard InChI is InChI=1S/C11H10N6O6/c18-6-12-1-3-15-9(21)16(4-2-13-7-19)11(23)17(10(15)22)5-14-8-20/h1-5H2. The Bertz CT molecular complexity index is 829. The van der Waals surface area contributed by atoms with Crippen molar-refractivity contribution in [2.24, 2.45) is 15.0 Å². The lowest BCUT2D eigenvalue weighted by Crippen LogP contribution is -2.55. The molecule has 0 radical (unpaired) electrons. The van der Waals surface area contributed by atoms with Crippen molar-refractivity contribution in [3.05, 3.63) is 31.5 Å². The molecule has 0 amide bonds. The van der Waals surface area contributed by atoms with Crippen molar-refractivity contribution in [2.75, 3.05) is 13.1 Å². The first-order chi connectivity index (χ1) is 11.1. The van der Waals surface area contributed by atoms with E-state index in [2.05, 4.69) is 15.0 Å². The zero-order valence-electron chi connectivity index (χ0n) is 11.7. The Morgan fingerprint density at radius 3 is 1.43 bits per heavy atom. The van der Waals surface area contributed by atoms with Gasteiger partial charge < -0.3 is 0 Å². The number of rotatable bonds is 8. The van der Waals surface area contributed by atoms with Crippen LogP contribution in [0.15, 0.2) is 29.4 Å². The van der Waals surface area contributed by atoms with E-state index >= 15 is 0 Å². The summed E-state index contributed by atoms with van der Waals surface area (Å²) in [4.78, 5) is 76.1. The summed E-state index contributed by atoms with van der Waals surface area (Å²) >= 11 is 0. The van der Waals surface area contributed by atoms with Crippen LogP contribution in [0.5, 0.6) is 0 Å². The van der Waals surface area contributed by atoms with Gasteiger partial charge in [0, 0.05) is 0 Å². The smallest absolute Gasteiger partial charge is 0.247 e. The van der Waals surface area contributed by atoms with Gasteiger partial charge >= 0.3 is 17.1 Å². The molecule has 12 heteroatoms. The molecule has 0 bridgehead atoms. The van der Waals surface area contributed by atoms with E-state index in [4.69, 9.17) is 0 Å². The van der Waals surface area contributed by atoms with Crippen LogP contribution in [0.1, 0.15) is 0 Å². The topological polar surface area (TPSA) is 154 Å². The maximum atomic E-state index is 12.1. The van der Waals surface area contributed by atoms with Crippen molar-refractivity contribution in [3.8, 4) is 0 Å². The van der Waals surface area contributed by atoms with Crippen LogP contribution in [-0.2, 0) is 34.1 Å². The SMILES string of the molecule is O=C=NCCn1c(=O)n(CCN=C=O)c(=O)n(CN=C=O)c1=O. The van der Waals surface area contributed by atoms with Crippen LogP contribution >= 0.6 is 0 Å². The minimum absolute atomic E-state index is 0.208. The second-order valence-corrected chi connectivity index (χ2v) is 3.92. The van der Waals surface area contributed by atoms with Crippen molar-refractivity contribution in [1.82, 2.24) is 13.7 Å². The fourth-order valence-corrected chi connectivity index (χ4v) is 1.68. The molecular formula is C11H10N6O6. The van der Waals surface area contributed by atoms with Crippen LogP contribution in [0.4, 0.5) is 0 Å². The van der Waals surface area contributed by atoms with Gasteiger partial charge in [0.15, 0.2) is 0 Å². The summed E-state index contributed by atoms with van der Waals surface area (Å²) in [5.41, 5.74) is -3.00. The largest absolute Gasteiger partial charge is 0.337 e. The zero-order chi connectivity index (χ0) is 17.2. The maximum Gasteiger partial charge on any atom is 0.337 e. The van der Waals surface area contributed by atoms with Crippen LogP contribution in [0.25, 0.3) is 0 Å². The molecule has 0 aliphatic rings. The minimum atomic E-state index is -1.02. The van der Waals surface area contributed by atoms with Gasteiger partial charge in [-0.25, -0.2) is 52.5 Å². The summed E-state index contributed by atoms with van der Waals surface area (Å²) in [5.74, 6) is 0. The maximum absolute atomic E-state index is 12.1. The number of aromatic nitrogens is 3. The fraction of sp³-hybridized carbons (Fsp3) is 0.455. The summed E-state index contributed by atoms with van der Waals surface area (Å²) in [6.45, 7) is -1.61. The van der Waals surface area contributed by atoms with Gasteiger partial charge in [-0.1, -0.05) is 0 Å². The first-order valence-electron chi connectivity index (χ1n) is 6.13. The summed E-state index contributed by atoms with van der Waals surface area (Å²) in [5, 5.41) is 0. The number of isocyanates is 3. The summed E-state index contributed by atoms with van der Waals surface area (Å²) in [6, 6.07) is 0. The molecule has 1 aromatic rings. The third-order valence-corrected chi connectivity index (χ3v) is 2.66. The van der Waals surface area contributed by atoms with Crippen molar-refractivity contribution in [2.45, 2.75) is 19.8 Å². The molecule has 23 heavy (non-hydrogen) atoms. The van der Waals surface area contributed by atoms with Crippen molar-refractivity contribution >= 4 is 18.2 Å². The molecule has 0 N–H and O–H groups in total. The van der Waals surface area contributed by atoms with Crippen LogP contribution in [0.3, 0.4) is 0 Å². The number of nitrogens with zero attached hydrogens (tertiary/aromatic N) is 6. The van der Waals surface area contributed by atoms with Gasteiger partial charge in [-0.3, -0.25) is 0 Å². The van der Waals surface area contributed by atoms with Crippen LogP contribution in [0.2, 0.25) is 0 Å². The summed E-state index contributed by atoms with van der Waals surface area (Å²) < 4.78 is 1.82. The molecule has 12 nitrogen and oxygen atoms in total. The highest BCUT2D eigenvalue weighted by Gasteiger charge is 2.14. The molecule has 0 unspecified atom stereocenters. The third-order valence-electron chi connectivity index (χ3n) is 2.66. The highest BCUT2D eigenvalue weighted by Crippen LogP contribution is 1.80. The molecule has 0 aliphatic heterocycles. The molecular weight excluding hydrogens is 312 g/mol. The van der Waals surface area contributed by atoms with Crippen molar-refractivity contribution < 1.29 is 14.4 Å². The minimum Gasteiger partial charge on any atom is -0.247 e. The number of aliphatic imine (C=N–C) groups is 3. The third kappa shape index (κ3) is 4.26. The summed E-state index contributed by atoms with van der Waals surface area (Å²) in [7, 11) is 0. The fourth-order valence-electron chi connectivity index (χ4n) is 1.68. The second kappa shape index (κ2) is 8.75. The zero-order valence-corrected chi connectivity index (χ0v) is 11.7. The first kappa shape index (κ1) is 17.6. The Labute approximate surface area is 126 Å². The van der Waals surface area contributed by atoms with E-state index in [0.29, 0.717) is 13.7 Å². The Hall–Kier alpha value is -3.45. The lowest BCUT2D eigenvalue weighted by atomic mass is 10.5. The van der Waals surface area contributed by atoms with Crippen molar-refractivity contribution in [1.29, 1.82) is 0 Å². The van der Waals surface area contributed by atoms with Crippen LogP contribution in [0, 0.1) is 0 Å². The highest BCUT2D eigenvalue weighted by atomic mass is 16.2. The van der Waals surface area contributed by atoms with E-state index in [9.17, 15) is 28.8 Å². The highest BCUT2D eigenvalue weighted by molar-refractivity contribution is 5.33. The molecule has 0 aliphatic carbocycles. The van der Waals surface area contributed by atoms with E-state index in [1.54, 1.807) is 0 Å². The Morgan fingerprint density at radius 2 is 1.04 bits per heavy atom. The van der Waals surface area contributed by atoms with Crippen LogP contribution in [-0.4, -0.2) is 45.0 Å². The van der Waals surface area contributed by atoms with E-state index in [-0.39, 0.29) is 26.2 Å². The molecule has 0 fully saturated rings. The first-order valence-corrected chi connectivity index (χ1v) is 6.13. The monoisotopic (exact) mass is 322 g/mol. The predicted octanol–water partition coefficient (Wildman–Crippen LogP) is -2.86. The number of hydrogen-bond acceptors (Lipinski definition) is 9. The summed E-state index contributed by atoms with van der Waals surface area (Å²) in [6.07, 6.45) is 3.67. The van der Waals surface area contributed by atoms with Gasteiger partial charge in [-0.05, 0) is 0 Å². The second-order valence-electron chi connectivity index (χ2n) is 3.92. The molecule has 0 atom stereocenters. The van der Waals surface area contributed by atoms with Gasteiger partial charge in [0.05, 0.1) is 26.2 Å². The Balaban J connectivity index is 3.51. The Morgan fingerprint density at radius 1 is 0.652 bits per heavy atom.